The molecule has 3 N–H and O–H groups in total. The molecule has 0 fully saturated rings. The van der Waals surface area contributed by atoms with Crippen molar-refractivity contribution in [2.24, 2.45) is 0 Å². The van der Waals surface area contributed by atoms with Crippen molar-refractivity contribution in [2.75, 3.05) is 11.9 Å². The van der Waals surface area contributed by atoms with Crippen LogP contribution < -0.4 is 16.0 Å². The molecule has 202 valence electrons. The van der Waals surface area contributed by atoms with Gasteiger partial charge in [-0.3, -0.25) is 28.9 Å². The number of rotatable bonds is 13. The van der Waals surface area contributed by atoms with Gasteiger partial charge >= 0.3 is 0 Å². The number of carbonyl (C=O) groups excluding carboxylic acids is 5. The van der Waals surface area contributed by atoms with Crippen molar-refractivity contribution in [3.05, 3.63) is 63.9 Å². The first kappa shape index (κ1) is 28.8. The predicted molar refractivity (Wildman–Crippen MR) is 146 cm³/mol. The van der Waals surface area contributed by atoms with Crippen molar-refractivity contribution in [1.29, 1.82) is 0 Å². The van der Waals surface area contributed by atoms with Crippen LogP contribution in [0.15, 0.2) is 48.6 Å². The highest BCUT2D eigenvalue weighted by Crippen LogP contribution is 2.21. The average molecular weight is 539 g/mol. The molecule has 1 aliphatic rings. The maximum Gasteiger partial charge on any atom is 0.253 e. The van der Waals surface area contributed by atoms with Crippen molar-refractivity contribution in [2.45, 2.75) is 65.0 Å². The summed E-state index contributed by atoms with van der Waals surface area (Å²) < 4.78 is 0. The SMILES string of the molecule is Cc1ccc(Cc2cccc(NC(=O)[C@H](C)NC(=O)[C@H](C)NC(=O)CCCCCN3C(=O)C=CC3=O)c2)s1. The monoisotopic (exact) mass is 538 g/mol. The summed E-state index contributed by atoms with van der Waals surface area (Å²) in [6, 6.07) is 10.2. The molecular weight excluding hydrogens is 504 g/mol. The van der Waals surface area contributed by atoms with Crippen LogP contribution in [0.2, 0.25) is 0 Å². The van der Waals surface area contributed by atoms with Crippen molar-refractivity contribution >= 4 is 46.6 Å². The van der Waals surface area contributed by atoms with Gasteiger partial charge in [-0.1, -0.05) is 18.6 Å². The Balaban J connectivity index is 1.35. The van der Waals surface area contributed by atoms with E-state index in [1.807, 2.05) is 18.2 Å². The predicted octanol–water partition coefficient (Wildman–Crippen LogP) is 3.08. The number of carbonyl (C=O) groups is 5. The van der Waals surface area contributed by atoms with Crippen LogP contribution in [0.25, 0.3) is 0 Å². The second-order valence-corrected chi connectivity index (χ2v) is 10.7. The summed E-state index contributed by atoms with van der Waals surface area (Å²) in [4.78, 5) is 64.1. The van der Waals surface area contributed by atoms with Crippen LogP contribution in [0.1, 0.15) is 54.8 Å². The van der Waals surface area contributed by atoms with Gasteiger partial charge in [-0.15, -0.1) is 11.3 Å². The summed E-state index contributed by atoms with van der Waals surface area (Å²) in [5, 5.41) is 8.12. The Morgan fingerprint density at radius 3 is 2.29 bits per heavy atom. The third-order valence-electron chi connectivity index (χ3n) is 6.08. The normalized spacial score (nSPS) is 14.3. The quantitative estimate of drug-likeness (QED) is 0.267. The molecule has 2 aromatic rings. The molecule has 2 atom stereocenters. The summed E-state index contributed by atoms with van der Waals surface area (Å²) >= 11 is 1.74. The molecule has 3 rings (SSSR count). The zero-order valence-corrected chi connectivity index (χ0v) is 22.7. The standard InChI is InChI=1S/C28H34N4O5S/c1-18-11-12-23(38-18)17-21-8-7-9-22(16-21)31-28(37)20(3)30-27(36)19(2)29-24(33)10-5-4-6-15-32-25(34)13-14-26(32)35/h7-9,11-14,16,19-20H,4-6,10,15,17H2,1-3H3,(H,29,33)(H,30,36)(H,31,37)/t19-,20-/m0/s1. The molecule has 9 nitrogen and oxygen atoms in total. The second-order valence-electron chi connectivity index (χ2n) is 9.37. The highest BCUT2D eigenvalue weighted by atomic mass is 32.1. The zero-order chi connectivity index (χ0) is 27.7. The fraction of sp³-hybridized carbons (Fsp3) is 0.393. The van der Waals surface area contributed by atoms with Gasteiger partial charge in [0, 0.05) is 47.0 Å². The van der Waals surface area contributed by atoms with Gasteiger partial charge < -0.3 is 16.0 Å². The van der Waals surface area contributed by atoms with Crippen LogP contribution in [-0.2, 0) is 30.4 Å². The van der Waals surface area contributed by atoms with E-state index in [4.69, 9.17) is 0 Å². The highest BCUT2D eigenvalue weighted by molar-refractivity contribution is 7.11. The molecule has 1 aromatic heterocycles. The lowest BCUT2D eigenvalue weighted by atomic mass is 10.1. The van der Waals surface area contributed by atoms with Gasteiger partial charge in [0.1, 0.15) is 12.1 Å². The van der Waals surface area contributed by atoms with Crippen molar-refractivity contribution in [1.82, 2.24) is 15.5 Å². The minimum Gasteiger partial charge on any atom is -0.345 e. The number of aryl methyl sites for hydroxylation is 1. The van der Waals surface area contributed by atoms with Crippen LogP contribution in [0.5, 0.6) is 0 Å². The molecule has 0 radical (unpaired) electrons. The average Bonchev–Trinajstić information content (AvgIpc) is 3.42. The number of unbranched alkanes of at least 4 members (excludes halogenated alkanes) is 2. The molecule has 0 saturated heterocycles. The fourth-order valence-electron chi connectivity index (χ4n) is 3.96. The third kappa shape index (κ3) is 8.65. The van der Waals surface area contributed by atoms with E-state index in [0.717, 1.165) is 12.0 Å². The summed E-state index contributed by atoms with van der Waals surface area (Å²) in [5.74, 6) is -1.72. The molecule has 0 saturated carbocycles. The maximum atomic E-state index is 12.6. The van der Waals surface area contributed by atoms with Crippen LogP contribution in [0.3, 0.4) is 0 Å². The summed E-state index contributed by atoms with van der Waals surface area (Å²) in [7, 11) is 0. The molecule has 0 aliphatic carbocycles. The molecule has 0 bridgehead atoms. The van der Waals surface area contributed by atoms with E-state index in [0.29, 0.717) is 31.5 Å². The minimum atomic E-state index is -0.804. The molecule has 5 amide bonds. The minimum absolute atomic E-state index is 0.217. The number of imide groups is 1. The van der Waals surface area contributed by atoms with Gasteiger partial charge in [0.2, 0.25) is 17.7 Å². The molecule has 1 aromatic carbocycles. The molecular formula is C28H34N4O5S. The summed E-state index contributed by atoms with van der Waals surface area (Å²) in [6.45, 7) is 5.54. The zero-order valence-electron chi connectivity index (χ0n) is 21.9. The van der Waals surface area contributed by atoms with Crippen LogP contribution >= 0.6 is 11.3 Å². The number of anilines is 1. The second kappa shape index (κ2) is 13.7. The summed E-state index contributed by atoms with van der Waals surface area (Å²) in [5.41, 5.74) is 1.73. The van der Waals surface area contributed by atoms with Gasteiger partial charge in [0.05, 0.1) is 0 Å². The maximum absolute atomic E-state index is 12.6. The van der Waals surface area contributed by atoms with Crippen molar-refractivity contribution in [3.63, 3.8) is 0 Å². The lowest BCUT2D eigenvalue weighted by Gasteiger charge is -2.18. The number of thiophene rings is 1. The number of hydrogen-bond donors (Lipinski definition) is 3. The third-order valence-corrected chi connectivity index (χ3v) is 7.08. The number of hydrogen-bond acceptors (Lipinski definition) is 6. The first-order valence-electron chi connectivity index (χ1n) is 12.7. The lowest BCUT2D eigenvalue weighted by Crippen LogP contribution is -2.50. The molecule has 1 aliphatic heterocycles. The molecule has 10 heteroatoms. The van der Waals surface area contributed by atoms with Gasteiger partial charge in [-0.2, -0.15) is 0 Å². The Labute approximate surface area is 226 Å². The topological polar surface area (TPSA) is 125 Å². The van der Waals surface area contributed by atoms with Gasteiger partial charge in [-0.05, 0) is 63.4 Å². The number of nitrogens with one attached hydrogen (secondary N) is 3. The van der Waals surface area contributed by atoms with Crippen molar-refractivity contribution in [3.8, 4) is 0 Å². The van der Waals surface area contributed by atoms with E-state index in [1.54, 1.807) is 31.3 Å². The first-order chi connectivity index (χ1) is 18.1. The number of amides is 5. The van der Waals surface area contributed by atoms with Crippen LogP contribution in [0.4, 0.5) is 5.69 Å². The van der Waals surface area contributed by atoms with Gasteiger partial charge in [0.15, 0.2) is 0 Å². The van der Waals surface area contributed by atoms with E-state index in [-0.39, 0.29) is 30.0 Å². The number of benzene rings is 1. The summed E-state index contributed by atoms with van der Waals surface area (Å²) in [6.07, 6.45) is 5.32. The Kier molecular flexibility index (Phi) is 10.3. The van der Waals surface area contributed by atoms with Gasteiger partial charge in [0.25, 0.3) is 11.8 Å². The number of nitrogens with zero attached hydrogens (tertiary/aromatic N) is 1. The van der Waals surface area contributed by atoms with E-state index >= 15 is 0 Å². The first-order valence-corrected chi connectivity index (χ1v) is 13.5. The molecule has 0 unspecified atom stereocenters. The fourth-order valence-corrected chi connectivity index (χ4v) is 4.88. The van der Waals surface area contributed by atoms with Crippen molar-refractivity contribution < 1.29 is 24.0 Å². The van der Waals surface area contributed by atoms with Crippen LogP contribution in [0, 0.1) is 6.92 Å². The van der Waals surface area contributed by atoms with E-state index < -0.39 is 18.0 Å². The van der Waals surface area contributed by atoms with Gasteiger partial charge in [-0.25, -0.2) is 0 Å². The Morgan fingerprint density at radius 2 is 1.61 bits per heavy atom. The lowest BCUT2D eigenvalue weighted by molar-refractivity contribution is -0.137. The van der Waals surface area contributed by atoms with Crippen LogP contribution in [-0.4, -0.2) is 53.1 Å². The smallest absolute Gasteiger partial charge is 0.253 e. The molecule has 38 heavy (non-hydrogen) atoms. The Hall–Kier alpha value is -3.79. The molecule has 0 spiro atoms. The Bertz CT molecular complexity index is 1200. The largest absolute Gasteiger partial charge is 0.345 e. The highest BCUT2D eigenvalue weighted by Gasteiger charge is 2.23. The molecule has 2 heterocycles. The van der Waals surface area contributed by atoms with E-state index in [1.165, 1.54) is 26.8 Å². The Morgan fingerprint density at radius 1 is 0.895 bits per heavy atom. The van der Waals surface area contributed by atoms with E-state index in [2.05, 4.69) is 35.0 Å². The van der Waals surface area contributed by atoms with E-state index in [9.17, 15) is 24.0 Å².